The van der Waals surface area contributed by atoms with E-state index in [1.54, 1.807) is 13.8 Å². The predicted octanol–water partition coefficient (Wildman–Crippen LogP) is 5.76. The van der Waals surface area contributed by atoms with Gasteiger partial charge in [-0.2, -0.15) is 0 Å². The van der Waals surface area contributed by atoms with Gasteiger partial charge in [0.15, 0.2) is 5.83 Å². The van der Waals surface area contributed by atoms with Gasteiger partial charge in [0, 0.05) is 42.3 Å². The van der Waals surface area contributed by atoms with Crippen LogP contribution >= 0.6 is 0 Å². The minimum Gasteiger partial charge on any atom is -0.382 e. The molecule has 0 heterocycles. The molecule has 2 saturated carbocycles. The molecule has 1 amide bonds. The van der Waals surface area contributed by atoms with Crippen molar-refractivity contribution in [1.82, 2.24) is 10.2 Å². The monoisotopic (exact) mass is 539 g/mol. The Morgan fingerprint density at radius 3 is 2.51 bits per heavy atom. The van der Waals surface area contributed by atoms with Crippen LogP contribution in [0.1, 0.15) is 70.9 Å². The molecule has 3 N–H and O–H groups in total. The maximum absolute atomic E-state index is 14.7. The Morgan fingerprint density at radius 2 is 1.90 bits per heavy atom. The number of halogens is 1. The van der Waals surface area contributed by atoms with Gasteiger partial charge in [-0.15, -0.1) is 0 Å². The summed E-state index contributed by atoms with van der Waals surface area (Å²) in [5, 5.41) is 3.33. The SMILES string of the molecule is C=C(C)/N=C\C(F)=C(/C)NC1C2CC(CC2N(C)CCCc2cc(C)ccc2N(CCC)CCC)C1C(N)=O. The summed E-state index contributed by atoms with van der Waals surface area (Å²) in [6, 6.07) is 7.05. The summed E-state index contributed by atoms with van der Waals surface area (Å²) >= 11 is 0. The van der Waals surface area contributed by atoms with Crippen LogP contribution in [0.5, 0.6) is 0 Å². The van der Waals surface area contributed by atoms with Crippen LogP contribution in [0.15, 0.2) is 47.0 Å². The highest BCUT2D eigenvalue weighted by molar-refractivity contribution is 5.79. The normalized spacial score (nSPS) is 24.9. The molecule has 216 valence electrons. The highest BCUT2D eigenvalue weighted by atomic mass is 19.1. The number of nitrogens with one attached hydrogen (secondary N) is 1. The number of nitrogens with two attached hydrogens (primary N) is 1. The molecule has 6 nitrogen and oxygen atoms in total. The van der Waals surface area contributed by atoms with E-state index in [0.29, 0.717) is 17.4 Å². The Balaban J connectivity index is 1.68. The van der Waals surface area contributed by atoms with Crippen LogP contribution in [-0.4, -0.2) is 55.8 Å². The van der Waals surface area contributed by atoms with Gasteiger partial charge in [0.05, 0.1) is 12.1 Å². The van der Waals surface area contributed by atoms with Crippen LogP contribution in [-0.2, 0) is 11.2 Å². The van der Waals surface area contributed by atoms with Crippen molar-refractivity contribution < 1.29 is 9.18 Å². The average Bonchev–Trinajstić information content (AvgIpc) is 3.46. The van der Waals surface area contributed by atoms with Gasteiger partial charge in [-0.25, -0.2) is 4.39 Å². The summed E-state index contributed by atoms with van der Waals surface area (Å²) in [6.07, 6.45) is 7.47. The van der Waals surface area contributed by atoms with Gasteiger partial charge in [0.2, 0.25) is 5.91 Å². The van der Waals surface area contributed by atoms with Gasteiger partial charge in [-0.3, -0.25) is 9.79 Å². The van der Waals surface area contributed by atoms with E-state index in [-0.39, 0.29) is 29.7 Å². The Morgan fingerprint density at radius 1 is 1.21 bits per heavy atom. The lowest BCUT2D eigenvalue weighted by atomic mass is 9.80. The molecule has 0 saturated heterocycles. The molecular formula is C32H50FN5O. The molecule has 5 atom stereocenters. The minimum absolute atomic E-state index is 0.169. The number of aryl methyl sites for hydroxylation is 2. The third-order valence-corrected chi connectivity index (χ3v) is 8.52. The average molecular weight is 540 g/mol. The van der Waals surface area contributed by atoms with Gasteiger partial charge < -0.3 is 20.9 Å². The van der Waals surface area contributed by atoms with E-state index in [4.69, 9.17) is 5.73 Å². The first kappa shape index (κ1) is 30.9. The summed E-state index contributed by atoms with van der Waals surface area (Å²) in [6.45, 7) is 16.9. The highest BCUT2D eigenvalue weighted by Gasteiger charge is 2.55. The zero-order chi connectivity index (χ0) is 28.7. The Kier molecular flexibility index (Phi) is 11.2. The molecular weight excluding hydrogens is 489 g/mol. The molecule has 39 heavy (non-hydrogen) atoms. The fourth-order valence-corrected chi connectivity index (χ4v) is 6.82. The first-order valence-electron chi connectivity index (χ1n) is 14.7. The number of primary amides is 1. The number of hydrogen-bond acceptors (Lipinski definition) is 5. The molecule has 1 aromatic carbocycles. The van der Waals surface area contributed by atoms with Crippen molar-refractivity contribution in [2.75, 3.05) is 31.6 Å². The van der Waals surface area contributed by atoms with Crippen molar-refractivity contribution >= 4 is 17.8 Å². The molecule has 2 aliphatic carbocycles. The molecule has 0 radical (unpaired) electrons. The van der Waals surface area contributed by atoms with Gasteiger partial charge in [-0.1, -0.05) is 38.1 Å². The van der Waals surface area contributed by atoms with Crippen LogP contribution in [0.3, 0.4) is 0 Å². The topological polar surface area (TPSA) is 74.0 Å². The van der Waals surface area contributed by atoms with Crippen molar-refractivity contribution in [2.45, 2.75) is 85.2 Å². The van der Waals surface area contributed by atoms with Gasteiger partial charge in [0.25, 0.3) is 0 Å². The molecule has 5 unspecified atom stereocenters. The second kappa shape index (κ2) is 14.1. The molecule has 2 bridgehead atoms. The number of hydrogen-bond donors (Lipinski definition) is 2. The van der Waals surface area contributed by atoms with E-state index in [1.807, 2.05) is 0 Å². The molecule has 7 heteroatoms. The van der Waals surface area contributed by atoms with Crippen LogP contribution < -0.4 is 16.0 Å². The molecule has 0 aliphatic heterocycles. The summed E-state index contributed by atoms with van der Waals surface area (Å²) < 4.78 is 14.7. The van der Waals surface area contributed by atoms with Crippen molar-refractivity contribution in [1.29, 1.82) is 0 Å². The molecule has 0 spiro atoms. The number of amides is 1. The zero-order valence-electron chi connectivity index (χ0n) is 25.0. The van der Waals surface area contributed by atoms with E-state index in [9.17, 15) is 9.18 Å². The van der Waals surface area contributed by atoms with Gasteiger partial charge in [0.1, 0.15) is 0 Å². The first-order chi connectivity index (χ1) is 18.6. The van der Waals surface area contributed by atoms with Crippen molar-refractivity contribution in [3.63, 3.8) is 0 Å². The second-order valence-corrected chi connectivity index (χ2v) is 11.7. The number of anilines is 1. The number of benzene rings is 1. The minimum atomic E-state index is -0.442. The fraction of sp³-hybridized carbons (Fsp3) is 0.625. The molecule has 1 aromatic rings. The fourth-order valence-electron chi connectivity index (χ4n) is 6.82. The van der Waals surface area contributed by atoms with Gasteiger partial charge >= 0.3 is 0 Å². The second-order valence-electron chi connectivity index (χ2n) is 11.7. The number of carbonyl (C=O) groups is 1. The predicted molar refractivity (Wildman–Crippen MR) is 162 cm³/mol. The quantitative estimate of drug-likeness (QED) is 0.278. The third-order valence-electron chi connectivity index (χ3n) is 8.52. The van der Waals surface area contributed by atoms with E-state index < -0.39 is 5.83 Å². The summed E-state index contributed by atoms with van der Waals surface area (Å²) in [7, 11) is 2.20. The standard InChI is InChI=1S/C32H50FN5O/c1-8-14-38(15-9-2)28-13-12-22(5)17-24(28)11-10-16-37(7)29-19-25-18-26(29)31(30(25)32(34)39)36-23(6)27(33)20-35-21(3)4/h12-13,17,20,25-26,29-31,36H,3,8-11,14-16,18-19H2,1-2,4-7H3,(H2,34,39)/b27-23-,35-20-. The van der Waals surface area contributed by atoms with E-state index in [2.05, 4.69) is 72.7 Å². The van der Waals surface area contributed by atoms with E-state index in [0.717, 1.165) is 58.2 Å². The lowest BCUT2D eigenvalue weighted by molar-refractivity contribution is -0.124. The summed E-state index contributed by atoms with van der Waals surface area (Å²) in [4.78, 5) is 21.4. The maximum atomic E-state index is 14.7. The molecule has 2 aliphatic rings. The number of nitrogens with zero attached hydrogens (tertiary/aromatic N) is 3. The smallest absolute Gasteiger partial charge is 0.222 e. The number of fused-ring (bicyclic) bond motifs is 2. The van der Waals surface area contributed by atoms with Crippen LogP contribution in [0.25, 0.3) is 0 Å². The number of carbonyl (C=O) groups excluding carboxylic acids is 1. The Labute approximate surface area is 235 Å². The number of allylic oxidation sites excluding steroid dienone is 3. The molecule has 3 rings (SSSR count). The largest absolute Gasteiger partial charge is 0.382 e. The summed E-state index contributed by atoms with van der Waals surface area (Å²) in [5.41, 5.74) is 10.9. The number of aliphatic imine (C=N–C) groups is 1. The van der Waals surface area contributed by atoms with Crippen LogP contribution in [0.4, 0.5) is 10.1 Å². The lowest BCUT2D eigenvalue weighted by Gasteiger charge is -2.40. The molecule has 0 aromatic heterocycles. The zero-order valence-corrected chi connectivity index (χ0v) is 25.0. The van der Waals surface area contributed by atoms with E-state index >= 15 is 0 Å². The summed E-state index contributed by atoms with van der Waals surface area (Å²) in [5.74, 6) is -0.531. The Hall–Kier alpha value is -2.67. The van der Waals surface area contributed by atoms with Gasteiger partial charge in [-0.05, 0) is 96.4 Å². The third kappa shape index (κ3) is 7.71. The highest BCUT2D eigenvalue weighted by Crippen LogP contribution is 2.50. The lowest BCUT2D eigenvalue weighted by Crippen LogP contribution is -2.53. The van der Waals surface area contributed by atoms with Crippen molar-refractivity contribution in [3.05, 3.63) is 53.1 Å². The van der Waals surface area contributed by atoms with E-state index in [1.165, 1.54) is 23.0 Å². The van der Waals surface area contributed by atoms with Crippen LogP contribution in [0.2, 0.25) is 0 Å². The van der Waals surface area contributed by atoms with Crippen molar-refractivity contribution in [3.8, 4) is 0 Å². The maximum Gasteiger partial charge on any atom is 0.222 e. The Bertz CT molecular complexity index is 1060. The van der Waals surface area contributed by atoms with Crippen LogP contribution in [0, 0.1) is 24.7 Å². The number of rotatable bonds is 15. The first-order valence-corrected chi connectivity index (χ1v) is 14.7. The van der Waals surface area contributed by atoms with Crippen molar-refractivity contribution in [2.24, 2.45) is 28.5 Å². The molecule has 2 fully saturated rings.